The first-order valence-corrected chi connectivity index (χ1v) is 29.6. The summed E-state index contributed by atoms with van der Waals surface area (Å²) in [4.78, 5) is 39.7. The zero-order valence-corrected chi connectivity index (χ0v) is 45.3. The lowest BCUT2D eigenvalue weighted by atomic mass is 10.0. The molecule has 0 aliphatic carbocycles. The van der Waals surface area contributed by atoms with Gasteiger partial charge in [0.2, 0.25) is 5.91 Å². The number of amides is 1. The van der Waals surface area contributed by atoms with Gasteiger partial charge in [0.15, 0.2) is 0 Å². The zero-order chi connectivity index (χ0) is 48.7. The fraction of sp³-hybridized carbons (Fsp3) is 0.893. The Labute approximate surface area is 409 Å². The first-order valence-electron chi connectivity index (χ1n) is 28.1. The van der Waals surface area contributed by atoms with Crippen LogP contribution in [-0.2, 0) is 27.9 Å². The molecule has 0 aliphatic rings. The predicted octanol–water partition coefficient (Wildman–Crippen LogP) is 16.0. The van der Waals surface area contributed by atoms with Crippen molar-refractivity contribution in [2.24, 2.45) is 0 Å². The lowest BCUT2D eigenvalue weighted by Crippen LogP contribution is -2.47. The van der Waals surface area contributed by atoms with E-state index in [-0.39, 0.29) is 31.5 Å². The molecule has 0 heterocycles. The number of hydrogen-bond donors (Lipinski definition) is 1. The Morgan fingerprint density at radius 1 is 0.515 bits per heavy atom. The van der Waals surface area contributed by atoms with Crippen LogP contribution in [-0.4, -0.2) is 69.4 Å². The number of phosphoric ester groups is 1. The molecule has 0 radical (unpaired) electrons. The van der Waals surface area contributed by atoms with Gasteiger partial charge in [0, 0.05) is 12.8 Å². The molecule has 3 unspecified atom stereocenters. The van der Waals surface area contributed by atoms with Gasteiger partial charge in [0.1, 0.15) is 19.3 Å². The Balaban J connectivity index is 5.33. The first kappa shape index (κ1) is 64.5. The molecule has 0 aromatic carbocycles. The van der Waals surface area contributed by atoms with Gasteiger partial charge in [-0.25, -0.2) is 0 Å². The summed E-state index contributed by atoms with van der Waals surface area (Å²) in [5, 5.41) is 3.01. The SMILES string of the molecule is CCCCCCCCC/C=C/CCCCCCCC(=O)NC(COP(=O)([O-])OCC[N+](C)(C)C)C(/C=C/CCCCCCCCCCC)OC(=O)CCCCCCCCCCCCCCC. The number of carbonyl (C=O) groups is 2. The highest BCUT2D eigenvalue weighted by atomic mass is 31.2. The molecule has 0 rings (SSSR count). The summed E-state index contributed by atoms with van der Waals surface area (Å²) in [6.45, 7) is 6.84. The largest absolute Gasteiger partial charge is 0.756 e. The van der Waals surface area contributed by atoms with Crippen LogP contribution in [0.3, 0.4) is 0 Å². The van der Waals surface area contributed by atoms with Crippen molar-refractivity contribution in [3.8, 4) is 0 Å². The highest BCUT2D eigenvalue weighted by Gasteiger charge is 2.27. The Morgan fingerprint density at radius 3 is 1.29 bits per heavy atom. The van der Waals surface area contributed by atoms with Gasteiger partial charge in [0.05, 0.1) is 33.8 Å². The minimum atomic E-state index is -4.69. The number of quaternary nitrogens is 1. The van der Waals surface area contributed by atoms with Crippen molar-refractivity contribution >= 4 is 19.7 Å². The second-order valence-corrected chi connectivity index (χ2v) is 21.9. The van der Waals surface area contributed by atoms with Gasteiger partial charge in [-0.15, -0.1) is 0 Å². The summed E-state index contributed by atoms with van der Waals surface area (Å²) < 4.78 is 30.2. The van der Waals surface area contributed by atoms with Crippen LogP contribution in [0.2, 0.25) is 0 Å². The molecule has 0 spiro atoms. The van der Waals surface area contributed by atoms with Gasteiger partial charge in [-0.05, 0) is 57.4 Å². The van der Waals surface area contributed by atoms with Gasteiger partial charge in [-0.1, -0.05) is 225 Å². The molecule has 0 bridgehead atoms. The highest BCUT2D eigenvalue weighted by Crippen LogP contribution is 2.38. The molecule has 0 aromatic heterocycles. The van der Waals surface area contributed by atoms with E-state index in [0.29, 0.717) is 17.4 Å². The highest BCUT2D eigenvalue weighted by molar-refractivity contribution is 7.45. The Hall–Kier alpha value is -1.51. The van der Waals surface area contributed by atoms with Crippen LogP contribution in [0.25, 0.3) is 0 Å². The Kier molecular flexibility index (Phi) is 46.1. The van der Waals surface area contributed by atoms with Crippen LogP contribution in [0.1, 0.15) is 271 Å². The monoisotopic (exact) mass is 953 g/mol. The summed E-state index contributed by atoms with van der Waals surface area (Å²) in [7, 11) is 1.19. The normalized spacial score (nSPS) is 14.0. The first-order chi connectivity index (χ1) is 31.9. The minimum Gasteiger partial charge on any atom is -0.756 e. The van der Waals surface area contributed by atoms with Crippen LogP contribution in [0.5, 0.6) is 0 Å². The van der Waals surface area contributed by atoms with E-state index in [2.05, 4.69) is 38.2 Å². The molecule has 9 nitrogen and oxygen atoms in total. The molecule has 0 saturated carbocycles. The van der Waals surface area contributed by atoms with Crippen LogP contribution >= 0.6 is 7.82 Å². The number of allylic oxidation sites excluding steroid dienone is 3. The average molecular weight is 953 g/mol. The second kappa shape index (κ2) is 47.2. The second-order valence-electron chi connectivity index (χ2n) is 20.4. The maximum Gasteiger partial charge on any atom is 0.306 e. The zero-order valence-electron chi connectivity index (χ0n) is 44.4. The van der Waals surface area contributed by atoms with Crippen molar-refractivity contribution in [1.82, 2.24) is 5.32 Å². The van der Waals surface area contributed by atoms with Crippen LogP contribution < -0.4 is 10.2 Å². The number of nitrogens with zero attached hydrogens (tertiary/aromatic N) is 1. The van der Waals surface area contributed by atoms with Crippen LogP contribution in [0.4, 0.5) is 0 Å². The van der Waals surface area contributed by atoms with Crippen molar-refractivity contribution in [3.05, 3.63) is 24.3 Å². The van der Waals surface area contributed by atoms with Gasteiger partial charge >= 0.3 is 5.97 Å². The lowest BCUT2D eigenvalue weighted by Gasteiger charge is -2.30. The van der Waals surface area contributed by atoms with Gasteiger partial charge in [0.25, 0.3) is 7.82 Å². The molecule has 66 heavy (non-hydrogen) atoms. The number of rotatable bonds is 51. The van der Waals surface area contributed by atoms with E-state index >= 15 is 0 Å². The number of phosphoric acid groups is 1. The summed E-state index contributed by atoms with van der Waals surface area (Å²) in [5.74, 6) is -0.541. The van der Waals surface area contributed by atoms with Crippen molar-refractivity contribution < 1.29 is 37.3 Å². The molecule has 10 heteroatoms. The van der Waals surface area contributed by atoms with E-state index in [1.54, 1.807) is 0 Å². The number of nitrogens with one attached hydrogen (secondary N) is 1. The van der Waals surface area contributed by atoms with Crippen molar-refractivity contribution in [1.29, 1.82) is 0 Å². The summed E-state index contributed by atoms with van der Waals surface area (Å²) in [6.07, 6.45) is 52.8. The summed E-state index contributed by atoms with van der Waals surface area (Å²) in [6, 6.07) is -0.885. The molecule has 390 valence electrons. The smallest absolute Gasteiger partial charge is 0.306 e. The molecule has 3 atom stereocenters. The standard InChI is InChI=1S/C56H109N2O7P/c1-7-10-13-16-19-22-25-27-28-29-31-33-36-39-42-45-48-55(59)57-53(52-64-66(61,62)63-51-50-58(4,5)6)54(47-44-41-38-35-32-24-21-18-15-12-9-3)65-56(60)49-46-43-40-37-34-30-26-23-20-17-14-11-8-2/h28-29,44,47,53-54H,7-27,30-43,45-46,48-52H2,1-6H3,(H-,57,59,61,62)/b29-28+,47-44+. The molecular formula is C56H109N2O7P. The number of ether oxygens (including phenoxy) is 1. The number of likely N-dealkylation sites (N-methyl/N-ethyl adjacent to an activating group) is 1. The van der Waals surface area contributed by atoms with E-state index in [9.17, 15) is 19.0 Å². The molecule has 0 saturated heterocycles. The fourth-order valence-corrected chi connectivity index (χ4v) is 8.95. The molecule has 0 fully saturated rings. The number of carbonyl (C=O) groups excluding carboxylic acids is 2. The van der Waals surface area contributed by atoms with E-state index in [1.807, 2.05) is 33.3 Å². The third kappa shape index (κ3) is 47.6. The lowest BCUT2D eigenvalue weighted by molar-refractivity contribution is -0.870. The molecule has 1 N–H and O–H groups in total. The maximum atomic E-state index is 13.4. The fourth-order valence-electron chi connectivity index (χ4n) is 8.22. The van der Waals surface area contributed by atoms with E-state index in [1.165, 1.54) is 161 Å². The molecule has 0 aliphatic heterocycles. The van der Waals surface area contributed by atoms with Crippen molar-refractivity contribution in [2.45, 2.75) is 283 Å². The number of hydrogen-bond acceptors (Lipinski definition) is 7. The molecular weight excluding hydrogens is 844 g/mol. The number of unbranched alkanes of at least 4 members (excludes halogenated alkanes) is 33. The van der Waals surface area contributed by atoms with Crippen molar-refractivity contribution in [3.63, 3.8) is 0 Å². The Bertz CT molecular complexity index is 1190. The van der Waals surface area contributed by atoms with E-state index in [4.69, 9.17) is 13.8 Å². The van der Waals surface area contributed by atoms with Crippen molar-refractivity contribution in [2.75, 3.05) is 40.9 Å². The minimum absolute atomic E-state index is 0.0208. The van der Waals surface area contributed by atoms with Crippen LogP contribution in [0, 0.1) is 0 Å². The van der Waals surface area contributed by atoms with Gasteiger partial charge in [-0.3, -0.25) is 14.2 Å². The molecule has 1 amide bonds. The third-order valence-corrected chi connectivity index (χ3v) is 13.6. The maximum absolute atomic E-state index is 13.4. The van der Waals surface area contributed by atoms with Gasteiger partial charge in [-0.2, -0.15) is 0 Å². The quantitative estimate of drug-likeness (QED) is 0.0212. The Morgan fingerprint density at radius 2 is 0.879 bits per heavy atom. The van der Waals surface area contributed by atoms with Gasteiger partial charge < -0.3 is 28.5 Å². The molecule has 0 aromatic rings. The van der Waals surface area contributed by atoms with E-state index < -0.39 is 20.0 Å². The summed E-state index contributed by atoms with van der Waals surface area (Å²) in [5.41, 5.74) is 0. The van der Waals surface area contributed by atoms with Crippen LogP contribution in [0.15, 0.2) is 24.3 Å². The summed E-state index contributed by atoms with van der Waals surface area (Å²) >= 11 is 0. The average Bonchev–Trinajstić information content (AvgIpc) is 3.27. The number of esters is 1. The van der Waals surface area contributed by atoms with E-state index in [0.717, 1.165) is 77.0 Å². The topological polar surface area (TPSA) is 114 Å². The third-order valence-electron chi connectivity index (χ3n) is 12.6. The predicted molar refractivity (Wildman–Crippen MR) is 280 cm³/mol.